The molecule has 3 fully saturated rings. The highest BCUT2D eigenvalue weighted by molar-refractivity contribution is 5.92. The van der Waals surface area contributed by atoms with Crippen molar-refractivity contribution in [3.63, 3.8) is 0 Å². The molecule has 0 radical (unpaired) electrons. The van der Waals surface area contributed by atoms with Crippen LogP contribution in [-0.2, 0) is 23.9 Å². The first-order valence-electron chi connectivity index (χ1n) is 9.23. The zero-order chi connectivity index (χ0) is 19.9. The maximum atomic E-state index is 13.1. The Morgan fingerprint density at radius 1 is 1.33 bits per heavy atom. The molecule has 0 unspecified atom stereocenters. The molecule has 3 aliphatic rings. The lowest BCUT2D eigenvalue weighted by Gasteiger charge is -2.32. The van der Waals surface area contributed by atoms with E-state index in [-0.39, 0.29) is 23.9 Å². The molecule has 152 valence electrons. The van der Waals surface area contributed by atoms with Crippen molar-refractivity contribution in [2.75, 3.05) is 26.9 Å². The number of ether oxygens (including phenoxy) is 2. The van der Waals surface area contributed by atoms with E-state index >= 15 is 0 Å². The summed E-state index contributed by atoms with van der Waals surface area (Å²) < 4.78 is 36.1. The van der Waals surface area contributed by atoms with Crippen LogP contribution in [-0.4, -0.2) is 68.1 Å². The Morgan fingerprint density at radius 2 is 2.04 bits per heavy atom. The Kier molecular flexibility index (Phi) is 5.42. The number of nitrogens with one attached hydrogen (secondary N) is 1. The molecule has 1 saturated carbocycles. The van der Waals surface area contributed by atoms with Gasteiger partial charge in [-0.2, -0.15) is 0 Å². The van der Waals surface area contributed by atoms with E-state index in [1.54, 1.807) is 0 Å². The smallest absolute Gasteiger partial charge is 0.328 e. The quantitative estimate of drug-likeness (QED) is 0.681. The molecule has 0 aromatic heterocycles. The van der Waals surface area contributed by atoms with Crippen LogP contribution in [0.1, 0.15) is 26.7 Å². The van der Waals surface area contributed by atoms with Gasteiger partial charge in [-0.1, -0.05) is 13.8 Å². The molecular formula is C18H26F2N2O5. The van der Waals surface area contributed by atoms with Crippen molar-refractivity contribution >= 4 is 17.8 Å². The fourth-order valence-corrected chi connectivity index (χ4v) is 4.53. The van der Waals surface area contributed by atoms with Crippen LogP contribution in [0.25, 0.3) is 0 Å². The number of esters is 1. The highest BCUT2D eigenvalue weighted by Crippen LogP contribution is 2.65. The molecule has 27 heavy (non-hydrogen) atoms. The molecule has 1 N–H and O–H groups in total. The fraction of sp³-hybridized carbons (Fsp3) is 0.833. The number of likely N-dealkylation sites (tertiary alicyclic amines) is 1. The van der Waals surface area contributed by atoms with E-state index in [0.29, 0.717) is 19.6 Å². The van der Waals surface area contributed by atoms with Crippen molar-refractivity contribution in [3.8, 4) is 0 Å². The van der Waals surface area contributed by atoms with Crippen LogP contribution in [0.3, 0.4) is 0 Å². The van der Waals surface area contributed by atoms with Gasteiger partial charge in [0.2, 0.25) is 18.2 Å². The molecule has 3 rings (SSSR count). The number of carbonyl (C=O) groups is 3. The molecule has 1 aliphatic carbocycles. The van der Waals surface area contributed by atoms with E-state index in [9.17, 15) is 23.2 Å². The summed E-state index contributed by atoms with van der Waals surface area (Å²) in [7, 11) is 1.24. The maximum absolute atomic E-state index is 13.1. The Bertz CT molecular complexity index is 621. The van der Waals surface area contributed by atoms with Crippen LogP contribution in [0.5, 0.6) is 0 Å². The summed E-state index contributed by atoms with van der Waals surface area (Å²) in [6.45, 7) is 4.98. The van der Waals surface area contributed by atoms with E-state index < -0.39 is 48.6 Å². The van der Waals surface area contributed by atoms with Gasteiger partial charge in [-0.3, -0.25) is 9.59 Å². The number of piperidine rings is 1. The van der Waals surface area contributed by atoms with E-state index in [1.165, 1.54) is 12.0 Å². The van der Waals surface area contributed by atoms with E-state index in [4.69, 9.17) is 9.47 Å². The van der Waals surface area contributed by atoms with Gasteiger partial charge in [-0.15, -0.1) is 0 Å². The Labute approximate surface area is 156 Å². The third-order valence-electron chi connectivity index (χ3n) is 6.26. The standard InChI is InChI=1S/C18H26F2N2O5/c1-18(2)10-7-22(14(13(10)18)17(25)26-3)16(24)11(6-12(19)20)21-15(23)9-4-5-27-8-9/h9-14H,4-8H2,1-3H3,(H,21,23)/t9-,10+,11+,13+,14+/m1/s1. The molecule has 7 nitrogen and oxygen atoms in total. The average molecular weight is 388 g/mol. The van der Waals surface area contributed by atoms with Gasteiger partial charge >= 0.3 is 5.97 Å². The molecule has 0 bridgehead atoms. The van der Waals surface area contributed by atoms with Crippen molar-refractivity contribution < 1.29 is 32.6 Å². The summed E-state index contributed by atoms with van der Waals surface area (Å²) in [6.07, 6.45) is -3.06. The van der Waals surface area contributed by atoms with Gasteiger partial charge in [0.25, 0.3) is 0 Å². The minimum atomic E-state index is -2.76. The molecule has 2 amide bonds. The van der Waals surface area contributed by atoms with Crippen molar-refractivity contribution in [1.29, 1.82) is 0 Å². The molecule has 2 heterocycles. The number of rotatable bonds is 6. The van der Waals surface area contributed by atoms with Gasteiger partial charge in [-0.25, -0.2) is 13.6 Å². The van der Waals surface area contributed by atoms with Crippen molar-refractivity contribution in [1.82, 2.24) is 10.2 Å². The third kappa shape index (κ3) is 3.66. The Hall–Kier alpha value is -1.77. The van der Waals surface area contributed by atoms with Gasteiger partial charge < -0.3 is 19.7 Å². The van der Waals surface area contributed by atoms with Gasteiger partial charge in [0.15, 0.2) is 0 Å². The molecule has 2 aliphatic heterocycles. The van der Waals surface area contributed by atoms with E-state index in [0.717, 1.165) is 0 Å². The minimum absolute atomic E-state index is 0.0555. The molecule has 5 atom stereocenters. The largest absolute Gasteiger partial charge is 0.467 e. The van der Waals surface area contributed by atoms with Crippen molar-refractivity contribution in [3.05, 3.63) is 0 Å². The average Bonchev–Trinajstić information content (AvgIpc) is 3.07. The summed E-state index contributed by atoms with van der Waals surface area (Å²) in [5.41, 5.74) is -0.0989. The summed E-state index contributed by atoms with van der Waals surface area (Å²) in [4.78, 5) is 38.9. The first kappa shape index (κ1) is 20.0. The Morgan fingerprint density at radius 3 is 2.59 bits per heavy atom. The minimum Gasteiger partial charge on any atom is -0.467 e. The van der Waals surface area contributed by atoms with E-state index in [1.807, 2.05) is 13.8 Å². The summed E-state index contributed by atoms with van der Waals surface area (Å²) >= 11 is 0. The number of hydrogen-bond donors (Lipinski definition) is 1. The molecule has 9 heteroatoms. The number of methoxy groups -OCH3 is 1. The monoisotopic (exact) mass is 388 g/mol. The molecule has 0 aromatic carbocycles. The molecular weight excluding hydrogens is 362 g/mol. The normalized spacial score (nSPS) is 32.1. The number of fused-ring (bicyclic) bond motifs is 1. The zero-order valence-corrected chi connectivity index (χ0v) is 15.7. The fourth-order valence-electron chi connectivity index (χ4n) is 4.53. The molecule has 2 saturated heterocycles. The lowest BCUT2D eigenvalue weighted by Crippen LogP contribution is -2.55. The first-order chi connectivity index (χ1) is 12.7. The van der Waals surface area contributed by atoms with Crippen LogP contribution in [0.2, 0.25) is 0 Å². The number of hydrogen-bond acceptors (Lipinski definition) is 5. The second kappa shape index (κ2) is 7.33. The number of halogens is 2. The van der Waals surface area contributed by atoms with Crippen LogP contribution in [0.4, 0.5) is 8.78 Å². The Balaban J connectivity index is 1.74. The lowest BCUT2D eigenvalue weighted by atomic mass is 9.99. The SMILES string of the molecule is COC(=O)[C@@H]1[C@@H]2[C@H](CN1C(=O)[C@H](CC(F)F)NC(=O)[C@@H]1CCOC1)C2(C)C. The van der Waals surface area contributed by atoms with Gasteiger partial charge in [0, 0.05) is 25.5 Å². The second-order valence-corrected chi connectivity index (χ2v) is 8.16. The number of carbonyl (C=O) groups excluding carboxylic acids is 3. The van der Waals surface area contributed by atoms with Crippen LogP contribution >= 0.6 is 0 Å². The molecule has 0 spiro atoms. The van der Waals surface area contributed by atoms with Crippen LogP contribution < -0.4 is 5.32 Å². The highest BCUT2D eigenvalue weighted by atomic mass is 19.3. The number of alkyl halides is 2. The summed E-state index contributed by atoms with van der Waals surface area (Å²) in [5, 5.41) is 2.45. The summed E-state index contributed by atoms with van der Waals surface area (Å²) in [5.74, 6) is -2.04. The topological polar surface area (TPSA) is 84.9 Å². The van der Waals surface area contributed by atoms with Crippen LogP contribution in [0.15, 0.2) is 0 Å². The summed E-state index contributed by atoms with van der Waals surface area (Å²) in [6, 6.07) is -2.17. The van der Waals surface area contributed by atoms with Crippen LogP contribution in [0, 0.1) is 23.2 Å². The highest BCUT2D eigenvalue weighted by Gasteiger charge is 2.70. The van der Waals surface area contributed by atoms with Gasteiger partial charge in [0.1, 0.15) is 12.1 Å². The van der Waals surface area contributed by atoms with Crippen molar-refractivity contribution in [2.45, 2.75) is 45.2 Å². The van der Waals surface area contributed by atoms with Gasteiger partial charge in [0.05, 0.1) is 19.6 Å². The number of amides is 2. The maximum Gasteiger partial charge on any atom is 0.328 e. The van der Waals surface area contributed by atoms with Crippen molar-refractivity contribution in [2.24, 2.45) is 23.2 Å². The first-order valence-corrected chi connectivity index (χ1v) is 9.23. The zero-order valence-electron chi connectivity index (χ0n) is 15.7. The van der Waals surface area contributed by atoms with E-state index in [2.05, 4.69) is 5.32 Å². The number of nitrogens with zero attached hydrogens (tertiary/aromatic N) is 1. The predicted octanol–water partition coefficient (Wildman–Crippen LogP) is 0.819. The third-order valence-corrected chi connectivity index (χ3v) is 6.26. The second-order valence-electron chi connectivity index (χ2n) is 8.16. The molecule has 0 aromatic rings. The van der Waals surface area contributed by atoms with Gasteiger partial charge in [-0.05, 0) is 17.8 Å². The lowest BCUT2D eigenvalue weighted by molar-refractivity contribution is -0.154. The predicted molar refractivity (Wildman–Crippen MR) is 89.8 cm³/mol.